The first-order chi connectivity index (χ1) is 8.57. The number of amidine groups is 1. The third-order valence-corrected chi connectivity index (χ3v) is 4.03. The van der Waals surface area contributed by atoms with Gasteiger partial charge in [0.1, 0.15) is 11.2 Å². The van der Waals surface area contributed by atoms with Crippen LogP contribution in [-0.4, -0.2) is 27.5 Å². The minimum Gasteiger partial charge on any atom is -0.409 e. The zero-order valence-corrected chi connectivity index (χ0v) is 11.0. The fraction of sp³-hybridized carbons (Fsp3) is 0.545. The molecule has 0 bridgehead atoms. The summed E-state index contributed by atoms with van der Waals surface area (Å²) in [6.45, 7) is 1.84. The number of aromatic nitrogens is 1. The molecule has 1 heterocycles. The number of nitrogens with one attached hydrogen (secondary N) is 1. The van der Waals surface area contributed by atoms with Crippen molar-refractivity contribution in [1.82, 2.24) is 10.3 Å². The van der Waals surface area contributed by atoms with Gasteiger partial charge in [-0.15, -0.1) is 11.3 Å². The van der Waals surface area contributed by atoms with Crippen LogP contribution in [0.4, 0.5) is 0 Å². The van der Waals surface area contributed by atoms with Crippen LogP contribution in [0.3, 0.4) is 0 Å². The Kier molecular flexibility index (Phi) is 3.51. The molecular weight excluding hydrogens is 252 g/mol. The van der Waals surface area contributed by atoms with Crippen molar-refractivity contribution in [2.75, 3.05) is 0 Å². The molecule has 6 nitrogen and oxygen atoms in total. The van der Waals surface area contributed by atoms with E-state index in [0.717, 1.165) is 17.8 Å². The first-order valence-corrected chi connectivity index (χ1v) is 6.68. The molecule has 1 saturated carbocycles. The van der Waals surface area contributed by atoms with Gasteiger partial charge in [0.05, 0.1) is 5.01 Å². The highest BCUT2D eigenvalue weighted by atomic mass is 32.1. The van der Waals surface area contributed by atoms with E-state index in [4.69, 9.17) is 10.9 Å². The number of thiazole rings is 1. The molecule has 1 fully saturated rings. The maximum absolute atomic E-state index is 12.1. The van der Waals surface area contributed by atoms with Crippen molar-refractivity contribution in [2.45, 2.75) is 38.1 Å². The first-order valence-electron chi connectivity index (χ1n) is 5.80. The van der Waals surface area contributed by atoms with E-state index in [9.17, 15) is 4.79 Å². The molecule has 1 aliphatic rings. The molecule has 0 aliphatic heterocycles. The van der Waals surface area contributed by atoms with Crippen LogP contribution >= 0.6 is 11.3 Å². The van der Waals surface area contributed by atoms with Crippen molar-refractivity contribution in [2.24, 2.45) is 10.9 Å². The van der Waals surface area contributed by atoms with Crippen LogP contribution in [0.1, 0.15) is 41.2 Å². The van der Waals surface area contributed by atoms with Crippen LogP contribution in [0.25, 0.3) is 0 Å². The van der Waals surface area contributed by atoms with Crippen LogP contribution in [0.5, 0.6) is 0 Å². The van der Waals surface area contributed by atoms with Gasteiger partial charge in [0.15, 0.2) is 5.84 Å². The number of oxime groups is 1. The molecule has 2 rings (SSSR count). The number of carbonyl (C=O) groups excluding carboxylic acids is 1. The van der Waals surface area contributed by atoms with E-state index in [0.29, 0.717) is 18.5 Å². The lowest BCUT2D eigenvalue weighted by molar-refractivity contribution is 0.0918. The molecule has 1 aliphatic carbocycles. The van der Waals surface area contributed by atoms with Gasteiger partial charge in [-0.3, -0.25) is 4.79 Å². The number of amides is 1. The van der Waals surface area contributed by atoms with Crippen LogP contribution < -0.4 is 11.1 Å². The van der Waals surface area contributed by atoms with Crippen molar-refractivity contribution >= 4 is 23.1 Å². The lowest BCUT2D eigenvalue weighted by Crippen LogP contribution is -2.55. The highest BCUT2D eigenvalue weighted by molar-refractivity contribution is 7.09. The summed E-state index contributed by atoms with van der Waals surface area (Å²) in [5.74, 6) is -0.201. The Morgan fingerprint density at radius 3 is 2.78 bits per heavy atom. The van der Waals surface area contributed by atoms with E-state index < -0.39 is 5.54 Å². The molecule has 0 spiro atoms. The summed E-state index contributed by atoms with van der Waals surface area (Å²) in [6.07, 6.45) is 3.29. The molecule has 1 amide bonds. The van der Waals surface area contributed by atoms with E-state index in [1.165, 1.54) is 11.3 Å². The monoisotopic (exact) mass is 268 g/mol. The maximum atomic E-state index is 12.1. The zero-order valence-electron chi connectivity index (χ0n) is 10.1. The Morgan fingerprint density at radius 2 is 2.28 bits per heavy atom. The normalized spacial score (nSPS) is 18.8. The molecule has 0 radical (unpaired) electrons. The minimum absolute atomic E-state index is 0.0697. The van der Waals surface area contributed by atoms with E-state index in [-0.39, 0.29) is 11.7 Å². The van der Waals surface area contributed by atoms with Gasteiger partial charge in [-0.1, -0.05) is 18.0 Å². The molecule has 0 saturated heterocycles. The largest absolute Gasteiger partial charge is 0.409 e. The summed E-state index contributed by atoms with van der Waals surface area (Å²) in [7, 11) is 0. The summed E-state index contributed by atoms with van der Waals surface area (Å²) >= 11 is 1.42. The standard InChI is InChI=1S/C11H16N4O2S/c1-7-13-8(6-18-7)9(16)14-11(10(12)15-17)4-2-3-5-11/h6,17H,2-5H2,1H3,(H2,12,15)(H,14,16). The third kappa shape index (κ3) is 2.31. The molecule has 7 heteroatoms. The fourth-order valence-corrected chi connectivity index (χ4v) is 2.86. The van der Waals surface area contributed by atoms with Crippen molar-refractivity contribution in [3.05, 3.63) is 16.1 Å². The maximum Gasteiger partial charge on any atom is 0.271 e. The highest BCUT2D eigenvalue weighted by Gasteiger charge is 2.40. The Balaban J connectivity index is 2.17. The lowest BCUT2D eigenvalue weighted by Gasteiger charge is -2.28. The zero-order chi connectivity index (χ0) is 13.2. The molecule has 4 N–H and O–H groups in total. The Morgan fingerprint density at radius 1 is 1.61 bits per heavy atom. The van der Waals surface area contributed by atoms with Crippen LogP contribution in [0.2, 0.25) is 0 Å². The first kappa shape index (κ1) is 12.8. The lowest BCUT2D eigenvalue weighted by atomic mass is 9.96. The van der Waals surface area contributed by atoms with Crippen LogP contribution in [-0.2, 0) is 0 Å². The average molecular weight is 268 g/mol. The molecule has 98 valence electrons. The van der Waals surface area contributed by atoms with E-state index >= 15 is 0 Å². The predicted octanol–water partition coefficient (Wildman–Crippen LogP) is 1.24. The molecule has 0 atom stereocenters. The third-order valence-electron chi connectivity index (χ3n) is 3.26. The second-order valence-corrected chi connectivity index (χ2v) is 5.54. The number of nitrogens with zero attached hydrogens (tertiary/aromatic N) is 2. The van der Waals surface area contributed by atoms with Gasteiger partial charge in [-0.05, 0) is 19.8 Å². The summed E-state index contributed by atoms with van der Waals surface area (Å²) in [5.41, 5.74) is 5.38. The van der Waals surface area contributed by atoms with E-state index in [1.807, 2.05) is 6.92 Å². The van der Waals surface area contributed by atoms with Crippen molar-refractivity contribution in [3.8, 4) is 0 Å². The van der Waals surface area contributed by atoms with Crippen LogP contribution in [0, 0.1) is 6.92 Å². The Hall–Kier alpha value is -1.63. The van der Waals surface area contributed by atoms with Crippen molar-refractivity contribution < 1.29 is 10.0 Å². The smallest absolute Gasteiger partial charge is 0.271 e. The summed E-state index contributed by atoms with van der Waals surface area (Å²) in [4.78, 5) is 16.2. The molecule has 0 aromatic carbocycles. The van der Waals surface area contributed by atoms with Gasteiger partial charge in [0.2, 0.25) is 0 Å². The SMILES string of the molecule is Cc1nc(C(=O)NC2(C(N)=NO)CCCC2)cs1. The molecule has 0 unspecified atom stereocenters. The number of nitrogens with two attached hydrogens (primary N) is 1. The fourth-order valence-electron chi connectivity index (χ4n) is 2.27. The quantitative estimate of drug-likeness (QED) is 0.332. The van der Waals surface area contributed by atoms with Gasteiger partial charge >= 0.3 is 0 Å². The summed E-state index contributed by atoms with van der Waals surface area (Å²) in [6, 6.07) is 0. The predicted molar refractivity (Wildman–Crippen MR) is 68.9 cm³/mol. The summed E-state index contributed by atoms with van der Waals surface area (Å²) in [5, 5.41) is 17.3. The second-order valence-electron chi connectivity index (χ2n) is 4.48. The number of hydrogen-bond donors (Lipinski definition) is 3. The van der Waals surface area contributed by atoms with Gasteiger partial charge < -0.3 is 16.3 Å². The van der Waals surface area contributed by atoms with E-state index in [1.54, 1.807) is 5.38 Å². The number of carbonyl (C=O) groups is 1. The molecule has 1 aromatic rings. The summed E-state index contributed by atoms with van der Waals surface area (Å²) < 4.78 is 0. The minimum atomic E-state index is -0.719. The van der Waals surface area contributed by atoms with Gasteiger partial charge in [-0.2, -0.15) is 0 Å². The number of rotatable bonds is 3. The second kappa shape index (κ2) is 4.93. The molecule has 1 aromatic heterocycles. The van der Waals surface area contributed by atoms with Gasteiger partial charge in [-0.25, -0.2) is 4.98 Å². The van der Waals surface area contributed by atoms with E-state index in [2.05, 4.69) is 15.5 Å². The van der Waals surface area contributed by atoms with Crippen molar-refractivity contribution in [1.29, 1.82) is 0 Å². The molecular formula is C11H16N4O2S. The number of aryl methyl sites for hydroxylation is 1. The van der Waals surface area contributed by atoms with Crippen LogP contribution in [0.15, 0.2) is 10.5 Å². The van der Waals surface area contributed by atoms with Crippen molar-refractivity contribution in [3.63, 3.8) is 0 Å². The Labute approximate surface area is 109 Å². The molecule has 18 heavy (non-hydrogen) atoms. The Bertz CT molecular complexity index is 477. The topological polar surface area (TPSA) is 101 Å². The highest BCUT2D eigenvalue weighted by Crippen LogP contribution is 2.30. The number of hydrogen-bond acceptors (Lipinski definition) is 5. The van der Waals surface area contributed by atoms with Gasteiger partial charge in [0.25, 0.3) is 5.91 Å². The van der Waals surface area contributed by atoms with Gasteiger partial charge in [0, 0.05) is 5.38 Å². The average Bonchev–Trinajstić information content (AvgIpc) is 2.98.